The van der Waals surface area contributed by atoms with Crippen molar-refractivity contribution < 1.29 is 14.3 Å². The Kier molecular flexibility index (Phi) is 6.14. The van der Waals surface area contributed by atoms with E-state index in [9.17, 15) is 14.4 Å². The molecule has 1 aromatic heterocycles. The van der Waals surface area contributed by atoms with E-state index in [1.807, 2.05) is 39.7 Å². The van der Waals surface area contributed by atoms with Crippen LogP contribution in [-0.4, -0.2) is 37.7 Å². The molecule has 0 N–H and O–H groups in total. The van der Waals surface area contributed by atoms with Crippen molar-refractivity contribution in [2.75, 3.05) is 0 Å². The third-order valence-corrected chi connectivity index (χ3v) is 13.9. The highest BCUT2D eigenvalue weighted by Gasteiger charge is 2.91. The molecule has 1 aromatic carbocycles. The topological polar surface area (TPSA) is 87.8 Å². The van der Waals surface area contributed by atoms with Gasteiger partial charge in [-0.3, -0.25) is 4.79 Å². The lowest BCUT2D eigenvalue weighted by Gasteiger charge is -2.69. The number of epoxide rings is 1. The maximum Gasteiger partial charge on any atom is 0.352 e. The number of carbonyl (C=O) groups excluding carboxylic acids is 1. The van der Waals surface area contributed by atoms with Gasteiger partial charge in [0.1, 0.15) is 17.2 Å². The van der Waals surface area contributed by atoms with Crippen molar-refractivity contribution in [1.29, 1.82) is 0 Å². The maximum atomic E-state index is 14.9. The predicted molar refractivity (Wildman–Crippen MR) is 171 cm³/mol. The van der Waals surface area contributed by atoms with Crippen LogP contribution in [0.2, 0.25) is 0 Å². The molecular formula is C37H49N3O5. The molecule has 2 aromatic rings. The molecule has 1 saturated heterocycles. The van der Waals surface area contributed by atoms with Crippen molar-refractivity contribution >= 4 is 5.97 Å². The van der Waals surface area contributed by atoms with Crippen LogP contribution in [0.5, 0.6) is 0 Å². The van der Waals surface area contributed by atoms with Gasteiger partial charge in [0.2, 0.25) is 0 Å². The molecule has 0 radical (unpaired) electrons. The highest BCUT2D eigenvalue weighted by molar-refractivity contribution is 5.66. The Bertz CT molecular complexity index is 1700. The molecule has 4 fully saturated rings. The van der Waals surface area contributed by atoms with E-state index in [1.54, 1.807) is 0 Å². The van der Waals surface area contributed by atoms with Crippen LogP contribution in [0.3, 0.4) is 0 Å². The zero-order valence-corrected chi connectivity index (χ0v) is 27.8. The number of allylic oxidation sites excluding steroid dienone is 1. The van der Waals surface area contributed by atoms with E-state index in [0.29, 0.717) is 29.9 Å². The minimum Gasteiger partial charge on any atom is -0.462 e. The summed E-state index contributed by atoms with van der Waals surface area (Å²) in [5.74, 6) is 1.67. The van der Waals surface area contributed by atoms with E-state index >= 15 is 0 Å². The van der Waals surface area contributed by atoms with E-state index in [-0.39, 0.29) is 40.9 Å². The van der Waals surface area contributed by atoms with Crippen LogP contribution in [-0.2, 0) is 25.3 Å². The van der Waals surface area contributed by atoms with E-state index in [4.69, 9.17) is 9.47 Å². The van der Waals surface area contributed by atoms with Crippen molar-refractivity contribution in [2.24, 2.45) is 34.5 Å². The number of para-hydroxylation sites is 1. The number of carbonyl (C=O) groups is 1. The van der Waals surface area contributed by atoms with E-state index < -0.39 is 22.1 Å². The number of nitrogens with zero attached hydrogens (tertiary/aromatic N) is 3. The molecule has 4 heterocycles. The van der Waals surface area contributed by atoms with Gasteiger partial charge >= 0.3 is 17.3 Å². The summed E-state index contributed by atoms with van der Waals surface area (Å²) in [5, 5.41) is 0. The Morgan fingerprint density at radius 1 is 0.978 bits per heavy atom. The van der Waals surface area contributed by atoms with Gasteiger partial charge in [0.05, 0.1) is 17.3 Å². The molecule has 10 atom stereocenters. The summed E-state index contributed by atoms with van der Waals surface area (Å²) in [4.78, 5) is 41.8. The number of esters is 1. The molecule has 8 nitrogen and oxygen atoms in total. The summed E-state index contributed by atoms with van der Waals surface area (Å²) < 4.78 is 18.0. The highest BCUT2D eigenvalue weighted by atomic mass is 16.6. The van der Waals surface area contributed by atoms with Crippen molar-refractivity contribution in [1.82, 2.24) is 13.9 Å². The van der Waals surface area contributed by atoms with Crippen LogP contribution in [0.4, 0.5) is 0 Å². The van der Waals surface area contributed by atoms with Crippen molar-refractivity contribution in [3.05, 3.63) is 63.5 Å². The van der Waals surface area contributed by atoms with Gasteiger partial charge in [0.25, 0.3) is 0 Å². The number of aromatic nitrogens is 3. The van der Waals surface area contributed by atoms with E-state index in [2.05, 4.69) is 46.8 Å². The molecule has 0 amide bonds. The standard InChI is InChI=1S/C37H49N3O5/c1-23(2)11-10-12-24(3)28-15-16-29-33(28,5)22-30-37(45-30)34(6)18-17-27(44-25(4)41)21-35(34)19-20-36(29,37)40-32(43)38(31(42)39(35)40)26-13-8-7-9-14-26/h7-9,13-14,19-20,23-24,27-30H,10-12,15-18,21-22H2,1-6H3/t24-,27+,28-,29-,30-,33-,34+,35-,36+,37+/m1/s1. The first-order valence-corrected chi connectivity index (χ1v) is 17.5. The summed E-state index contributed by atoms with van der Waals surface area (Å²) in [6.45, 7) is 13.3. The van der Waals surface area contributed by atoms with Crippen LogP contribution >= 0.6 is 0 Å². The van der Waals surface area contributed by atoms with Crippen molar-refractivity contribution in [3.8, 4) is 5.69 Å². The molecule has 4 aliphatic carbocycles. The van der Waals surface area contributed by atoms with Crippen LogP contribution < -0.4 is 11.4 Å². The minimum absolute atomic E-state index is 0.0117. The first kappa shape index (κ1) is 29.5. The second kappa shape index (κ2) is 9.36. The van der Waals surface area contributed by atoms with Gasteiger partial charge in [-0.25, -0.2) is 23.5 Å². The molecular weight excluding hydrogens is 566 g/mol. The Labute approximate surface area is 265 Å². The molecule has 7 aliphatic rings. The summed E-state index contributed by atoms with van der Waals surface area (Å²) in [7, 11) is 0. The highest BCUT2D eigenvalue weighted by Crippen LogP contribution is 2.82. The Morgan fingerprint density at radius 2 is 1.71 bits per heavy atom. The van der Waals surface area contributed by atoms with E-state index in [0.717, 1.165) is 32.1 Å². The largest absolute Gasteiger partial charge is 0.462 e. The zero-order chi connectivity index (χ0) is 31.7. The van der Waals surface area contributed by atoms with Crippen molar-refractivity contribution in [3.63, 3.8) is 0 Å². The number of fused-ring (bicyclic) bond motifs is 1. The van der Waals surface area contributed by atoms with Crippen LogP contribution in [0.15, 0.2) is 52.1 Å². The average Bonchev–Trinajstić information content (AvgIpc) is 3.50. The van der Waals surface area contributed by atoms with Crippen molar-refractivity contribution in [2.45, 2.75) is 128 Å². The van der Waals surface area contributed by atoms with E-state index in [1.165, 1.54) is 30.8 Å². The Balaban J connectivity index is 1.34. The van der Waals surface area contributed by atoms with Gasteiger partial charge in [0, 0.05) is 18.8 Å². The average molecular weight is 616 g/mol. The third kappa shape index (κ3) is 3.35. The SMILES string of the molecule is CC(=O)O[C@H]1CC[C@]2(C)[C@@]34O[C@@H]3C[C@]3(C)[C@@H]([C@H](C)CCCC(C)C)CC[C@H]3[C@@]43C=C[C@]2(C1)n1c(=O)n(-c2ccccc2)c(=O)n13. The summed E-state index contributed by atoms with van der Waals surface area (Å²) in [5.41, 5.74) is -2.71. The summed E-state index contributed by atoms with van der Waals surface area (Å²) in [6.07, 6.45) is 13.0. The molecule has 0 unspecified atom stereocenters. The fraction of sp³-hybridized carbons (Fsp3) is 0.703. The molecule has 242 valence electrons. The molecule has 3 aliphatic heterocycles. The molecule has 3 saturated carbocycles. The third-order valence-electron chi connectivity index (χ3n) is 13.9. The molecule has 3 spiro atoms. The number of hydrogen-bond acceptors (Lipinski definition) is 5. The normalized spacial score (nSPS) is 42.4. The lowest BCUT2D eigenvalue weighted by atomic mass is 9.40. The van der Waals surface area contributed by atoms with Crippen LogP contribution in [0.25, 0.3) is 5.69 Å². The second-order valence-electron chi connectivity index (χ2n) is 16.3. The quantitative estimate of drug-likeness (QED) is 0.219. The van der Waals surface area contributed by atoms with Crippen LogP contribution in [0.1, 0.15) is 99.3 Å². The molecule has 2 bridgehead atoms. The number of benzene rings is 1. The smallest absolute Gasteiger partial charge is 0.352 e. The summed E-state index contributed by atoms with van der Waals surface area (Å²) >= 11 is 0. The lowest BCUT2D eigenvalue weighted by Crippen LogP contribution is -2.81. The molecule has 8 heteroatoms. The summed E-state index contributed by atoms with van der Waals surface area (Å²) in [6, 6.07) is 9.31. The number of ether oxygens (including phenoxy) is 2. The van der Waals surface area contributed by atoms with Gasteiger partial charge in [0.15, 0.2) is 0 Å². The maximum absolute atomic E-state index is 14.9. The minimum atomic E-state index is -0.853. The molecule has 9 rings (SSSR count). The number of rotatable bonds is 7. The fourth-order valence-electron chi connectivity index (χ4n) is 12.2. The molecule has 45 heavy (non-hydrogen) atoms. The monoisotopic (exact) mass is 615 g/mol. The number of hydrogen-bond donors (Lipinski definition) is 0. The Morgan fingerprint density at radius 3 is 2.42 bits per heavy atom. The second-order valence-corrected chi connectivity index (χ2v) is 16.3. The van der Waals surface area contributed by atoms with Gasteiger partial charge in [-0.1, -0.05) is 84.2 Å². The first-order valence-electron chi connectivity index (χ1n) is 17.5. The first-order chi connectivity index (χ1) is 21.4. The Hall–Kier alpha value is -2.87. The van der Waals surface area contributed by atoms with Gasteiger partial charge < -0.3 is 9.47 Å². The van der Waals surface area contributed by atoms with Crippen LogP contribution in [0, 0.1) is 34.5 Å². The predicted octanol–water partition coefficient (Wildman–Crippen LogP) is 5.93. The lowest BCUT2D eigenvalue weighted by molar-refractivity contribution is -0.199. The fourth-order valence-corrected chi connectivity index (χ4v) is 12.2. The van der Waals surface area contributed by atoms with Gasteiger partial charge in [-0.15, -0.1) is 0 Å². The zero-order valence-electron chi connectivity index (χ0n) is 27.8. The van der Waals surface area contributed by atoms with Gasteiger partial charge in [-0.05, 0) is 73.3 Å². The van der Waals surface area contributed by atoms with Gasteiger partial charge in [-0.2, -0.15) is 0 Å².